The molecular weight excluding hydrogens is 400 g/mol. The lowest BCUT2D eigenvalue weighted by Gasteiger charge is -2.19. The van der Waals surface area contributed by atoms with Gasteiger partial charge in [0.15, 0.2) is 0 Å². The molecule has 1 N–H and O–H groups in total. The van der Waals surface area contributed by atoms with Gasteiger partial charge in [-0.1, -0.05) is 51.1 Å². The summed E-state index contributed by atoms with van der Waals surface area (Å²) < 4.78 is 5.92. The average Bonchev–Trinajstić information content (AvgIpc) is 3.17. The van der Waals surface area contributed by atoms with E-state index in [1.807, 2.05) is 66.7 Å². The van der Waals surface area contributed by atoms with Crippen LogP contribution in [-0.2, 0) is 15.0 Å². The number of carbonyl (C=O) groups is 2. The van der Waals surface area contributed by atoms with Crippen molar-refractivity contribution in [1.82, 2.24) is 0 Å². The van der Waals surface area contributed by atoms with E-state index in [9.17, 15) is 9.59 Å². The fraction of sp³-hybridized carbons (Fsp3) is 0.259. The van der Waals surface area contributed by atoms with Crippen LogP contribution in [0.4, 0.5) is 11.4 Å². The van der Waals surface area contributed by atoms with Gasteiger partial charge in [-0.05, 0) is 59.5 Å². The van der Waals surface area contributed by atoms with Crippen LogP contribution in [-0.4, -0.2) is 18.4 Å². The highest BCUT2D eigenvalue weighted by atomic mass is 16.5. The van der Waals surface area contributed by atoms with Crippen LogP contribution in [0.1, 0.15) is 32.8 Å². The first kappa shape index (κ1) is 21.6. The highest BCUT2D eigenvalue weighted by Gasteiger charge is 2.35. The van der Waals surface area contributed by atoms with Crippen molar-refractivity contribution in [2.24, 2.45) is 5.92 Å². The van der Waals surface area contributed by atoms with E-state index in [1.54, 1.807) is 4.90 Å². The maximum absolute atomic E-state index is 12.7. The second-order valence-corrected chi connectivity index (χ2v) is 9.13. The van der Waals surface area contributed by atoms with Gasteiger partial charge in [0.1, 0.15) is 11.5 Å². The molecule has 1 fully saturated rings. The van der Waals surface area contributed by atoms with Crippen molar-refractivity contribution in [1.29, 1.82) is 0 Å². The van der Waals surface area contributed by atoms with Crippen molar-refractivity contribution in [3.8, 4) is 11.5 Å². The van der Waals surface area contributed by atoms with Crippen molar-refractivity contribution in [2.75, 3.05) is 16.8 Å². The molecule has 3 aromatic rings. The SMILES string of the molecule is CC(C)(C)c1ccc(Oc2ccc(NC(=O)[C@H]3CC(=O)N(c4ccccc4)C3)cc2)cc1. The second-order valence-electron chi connectivity index (χ2n) is 9.13. The molecule has 32 heavy (non-hydrogen) atoms. The number of ether oxygens (including phenoxy) is 1. The zero-order chi connectivity index (χ0) is 22.7. The molecule has 0 saturated carbocycles. The molecule has 4 rings (SSSR count). The maximum atomic E-state index is 12.7. The van der Waals surface area contributed by atoms with Gasteiger partial charge in [0, 0.05) is 24.3 Å². The molecule has 0 bridgehead atoms. The number of carbonyl (C=O) groups excluding carboxylic acids is 2. The molecule has 0 radical (unpaired) electrons. The summed E-state index contributed by atoms with van der Waals surface area (Å²) in [6, 6.07) is 24.8. The standard InChI is InChI=1S/C27H28N2O3/c1-27(2,3)20-9-13-23(14-10-20)32-24-15-11-21(12-16-24)28-26(31)19-17-25(30)29(18-19)22-7-5-4-6-8-22/h4-16,19H,17-18H2,1-3H3,(H,28,31)/t19-/m0/s1. The molecular formula is C27H28N2O3. The Bertz CT molecular complexity index is 1080. The number of nitrogens with one attached hydrogen (secondary N) is 1. The molecule has 164 valence electrons. The lowest BCUT2D eigenvalue weighted by molar-refractivity contribution is -0.122. The van der Waals surface area contributed by atoms with E-state index in [1.165, 1.54) is 5.56 Å². The molecule has 2 amide bonds. The van der Waals surface area contributed by atoms with E-state index < -0.39 is 0 Å². The molecule has 1 atom stereocenters. The quantitative estimate of drug-likeness (QED) is 0.561. The molecule has 0 unspecified atom stereocenters. The molecule has 0 aliphatic carbocycles. The molecule has 0 spiro atoms. The fourth-order valence-corrected chi connectivity index (χ4v) is 3.75. The first-order valence-electron chi connectivity index (χ1n) is 10.8. The van der Waals surface area contributed by atoms with Gasteiger partial charge in [-0.15, -0.1) is 0 Å². The molecule has 5 nitrogen and oxygen atoms in total. The van der Waals surface area contributed by atoms with Gasteiger partial charge in [0.2, 0.25) is 11.8 Å². The smallest absolute Gasteiger partial charge is 0.229 e. The van der Waals surface area contributed by atoms with Gasteiger partial charge in [-0.25, -0.2) is 0 Å². The number of para-hydroxylation sites is 1. The van der Waals surface area contributed by atoms with E-state index in [2.05, 4.69) is 38.2 Å². The molecule has 1 heterocycles. The summed E-state index contributed by atoms with van der Waals surface area (Å²) in [5.41, 5.74) is 2.85. The molecule has 1 aliphatic rings. The van der Waals surface area contributed by atoms with E-state index in [0.29, 0.717) is 18.0 Å². The van der Waals surface area contributed by atoms with Crippen molar-refractivity contribution >= 4 is 23.2 Å². The lowest BCUT2D eigenvalue weighted by Crippen LogP contribution is -2.28. The summed E-state index contributed by atoms with van der Waals surface area (Å²) in [4.78, 5) is 26.7. The summed E-state index contributed by atoms with van der Waals surface area (Å²) in [5, 5.41) is 2.92. The van der Waals surface area contributed by atoms with E-state index >= 15 is 0 Å². The third-order valence-corrected chi connectivity index (χ3v) is 5.64. The zero-order valence-electron chi connectivity index (χ0n) is 18.7. The number of rotatable bonds is 5. The molecule has 0 aromatic heterocycles. The summed E-state index contributed by atoms with van der Waals surface area (Å²) in [6.07, 6.45) is 0.215. The molecule has 5 heteroatoms. The Morgan fingerprint density at radius 2 is 1.50 bits per heavy atom. The number of hydrogen-bond donors (Lipinski definition) is 1. The van der Waals surface area contributed by atoms with Gasteiger partial charge in [0.25, 0.3) is 0 Å². The maximum Gasteiger partial charge on any atom is 0.229 e. The molecule has 1 saturated heterocycles. The third kappa shape index (κ3) is 4.99. The van der Waals surface area contributed by atoms with E-state index in [-0.39, 0.29) is 29.6 Å². The van der Waals surface area contributed by atoms with Gasteiger partial charge in [0.05, 0.1) is 5.92 Å². The largest absolute Gasteiger partial charge is 0.457 e. The first-order chi connectivity index (χ1) is 15.3. The van der Waals surface area contributed by atoms with Crippen molar-refractivity contribution in [3.05, 3.63) is 84.4 Å². The Morgan fingerprint density at radius 1 is 0.906 bits per heavy atom. The Kier molecular flexibility index (Phi) is 5.99. The van der Waals surface area contributed by atoms with Crippen molar-refractivity contribution in [2.45, 2.75) is 32.6 Å². The van der Waals surface area contributed by atoms with Gasteiger partial charge < -0.3 is 15.0 Å². The van der Waals surface area contributed by atoms with Crippen LogP contribution in [0.25, 0.3) is 0 Å². The number of benzene rings is 3. The van der Waals surface area contributed by atoms with Crippen LogP contribution in [0.5, 0.6) is 11.5 Å². The zero-order valence-corrected chi connectivity index (χ0v) is 18.7. The van der Waals surface area contributed by atoms with Crippen LogP contribution < -0.4 is 15.0 Å². The third-order valence-electron chi connectivity index (χ3n) is 5.64. The van der Waals surface area contributed by atoms with Gasteiger partial charge in [-0.3, -0.25) is 9.59 Å². The van der Waals surface area contributed by atoms with Crippen LogP contribution in [0.15, 0.2) is 78.9 Å². The number of hydrogen-bond acceptors (Lipinski definition) is 3. The van der Waals surface area contributed by atoms with Crippen molar-refractivity contribution in [3.63, 3.8) is 0 Å². The predicted octanol–water partition coefficient (Wildman–Crippen LogP) is 5.77. The van der Waals surface area contributed by atoms with Crippen molar-refractivity contribution < 1.29 is 14.3 Å². The summed E-state index contributed by atoms with van der Waals surface area (Å²) in [5.74, 6) is 0.902. The molecule has 3 aromatic carbocycles. The Morgan fingerprint density at radius 3 is 2.09 bits per heavy atom. The number of anilines is 2. The highest BCUT2D eigenvalue weighted by molar-refractivity contribution is 6.03. The normalized spacial score (nSPS) is 16.2. The van der Waals surface area contributed by atoms with Gasteiger partial charge in [-0.2, -0.15) is 0 Å². The van der Waals surface area contributed by atoms with Crippen LogP contribution in [0.2, 0.25) is 0 Å². The summed E-state index contributed by atoms with van der Waals surface area (Å²) in [6.45, 7) is 6.92. The monoisotopic (exact) mass is 428 g/mol. The minimum atomic E-state index is -0.375. The fourth-order valence-electron chi connectivity index (χ4n) is 3.75. The van der Waals surface area contributed by atoms with E-state index in [4.69, 9.17) is 4.74 Å². The molecule has 1 aliphatic heterocycles. The predicted molar refractivity (Wildman–Crippen MR) is 127 cm³/mol. The average molecular weight is 429 g/mol. The number of nitrogens with zero attached hydrogens (tertiary/aromatic N) is 1. The summed E-state index contributed by atoms with van der Waals surface area (Å²) in [7, 11) is 0. The van der Waals surface area contributed by atoms with Crippen LogP contribution in [0, 0.1) is 5.92 Å². The lowest BCUT2D eigenvalue weighted by atomic mass is 9.87. The van der Waals surface area contributed by atoms with E-state index in [0.717, 1.165) is 11.4 Å². The minimum Gasteiger partial charge on any atom is -0.457 e. The minimum absolute atomic E-state index is 0.0300. The Hall–Kier alpha value is -3.60. The van der Waals surface area contributed by atoms with Gasteiger partial charge >= 0.3 is 0 Å². The second kappa shape index (κ2) is 8.87. The highest BCUT2D eigenvalue weighted by Crippen LogP contribution is 2.29. The Balaban J connectivity index is 1.34. The first-order valence-corrected chi connectivity index (χ1v) is 10.8. The Labute approximate surface area is 189 Å². The van der Waals surface area contributed by atoms with Crippen LogP contribution in [0.3, 0.4) is 0 Å². The number of amides is 2. The van der Waals surface area contributed by atoms with Crippen LogP contribution >= 0.6 is 0 Å². The topological polar surface area (TPSA) is 58.6 Å². The summed E-state index contributed by atoms with van der Waals surface area (Å²) >= 11 is 0.